The molecule has 1 aliphatic rings. The largest absolute Gasteiger partial charge is 0.306 e. The van der Waals surface area contributed by atoms with Crippen LogP contribution in [0.4, 0.5) is 11.5 Å². The van der Waals surface area contributed by atoms with Crippen LogP contribution in [0.5, 0.6) is 0 Å². The fraction of sp³-hybridized carbons (Fsp3) is 0.350. The molecular formula is C20H21N7O3S. The fourth-order valence-electron chi connectivity index (χ4n) is 3.69. The summed E-state index contributed by atoms with van der Waals surface area (Å²) in [5.74, 6) is 0.482. The minimum atomic E-state index is -0.533. The number of aryl methyl sites for hydroxylation is 2. The van der Waals surface area contributed by atoms with E-state index >= 15 is 0 Å². The van der Waals surface area contributed by atoms with Crippen LogP contribution >= 0.6 is 11.8 Å². The van der Waals surface area contributed by atoms with Crippen molar-refractivity contribution in [3.8, 4) is 0 Å². The Kier molecular flexibility index (Phi) is 5.94. The van der Waals surface area contributed by atoms with Crippen LogP contribution in [0.15, 0.2) is 40.5 Å². The molecule has 0 atom stereocenters. The molecule has 1 N–H and O–H groups in total. The van der Waals surface area contributed by atoms with Crippen LogP contribution in [-0.2, 0) is 7.05 Å². The number of anilines is 1. The number of nitrogens with zero attached hydrogens (tertiary/aromatic N) is 6. The number of carbonyl (C=O) groups is 1. The molecule has 160 valence electrons. The molecule has 0 bridgehead atoms. The van der Waals surface area contributed by atoms with E-state index in [-0.39, 0.29) is 11.3 Å². The summed E-state index contributed by atoms with van der Waals surface area (Å²) in [5.41, 5.74) is 2.03. The first-order chi connectivity index (χ1) is 14.9. The zero-order valence-corrected chi connectivity index (χ0v) is 17.9. The molecule has 31 heavy (non-hydrogen) atoms. The molecule has 3 aromatic rings. The summed E-state index contributed by atoms with van der Waals surface area (Å²) in [4.78, 5) is 28.7. The summed E-state index contributed by atoms with van der Waals surface area (Å²) in [6.45, 7) is 1.90. The van der Waals surface area contributed by atoms with Crippen molar-refractivity contribution >= 4 is 29.2 Å². The van der Waals surface area contributed by atoms with Gasteiger partial charge in [-0.15, -0.1) is 5.10 Å². The van der Waals surface area contributed by atoms with Crippen LogP contribution in [0.3, 0.4) is 0 Å². The second-order valence-electron chi connectivity index (χ2n) is 7.49. The van der Waals surface area contributed by atoms with Crippen molar-refractivity contribution in [3.05, 3.63) is 57.3 Å². The molecule has 2 heterocycles. The number of amides is 1. The number of pyridine rings is 1. The summed E-state index contributed by atoms with van der Waals surface area (Å²) in [6.07, 6.45) is 6.61. The van der Waals surface area contributed by atoms with E-state index in [0.717, 1.165) is 30.2 Å². The molecule has 11 heteroatoms. The quantitative estimate of drug-likeness (QED) is 0.452. The Bertz CT molecular complexity index is 1140. The molecule has 0 aliphatic heterocycles. The van der Waals surface area contributed by atoms with Crippen molar-refractivity contribution in [2.45, 2.75) is 48.6 Å². The van der Waals surface area contributed by atoms with Crippen molar-refractivity contribution < 1.29 is 9.72 Å². The van der Waals surface area contributed by atoms with Crippen LogP contribution in [0.1, 0.15) is 53.1 Å². The number of nitrogens with one attached hydrogen (secondary N) is 1. The molecule has 1 saturated carbocycles. The average Bonchev–Trinajstić information content (AvgIpc) is 3.42. The second-order valence-corrected chi connectivity index (χ2v) is 8.50. The summed E-state index contributed by atoms with van der Waals surface area (Å²) in [7, 11) is 1.67. The maximum atomic E-state index is 13.1. The van der Waals surface area contributed by atoms with Crippen LogP contribution < -0.4 is 5.32 Å². The van der Waals surface area contributed by atoms with Crippen LogP contribution in [0.25, 0.3) is 0 Å². The number of non-ortho nitro benzene ring substituents is 1. The number of benzene rings is 1. The van der Waals surface area contributed by atoms with Gasteiger partial charge in [0.2, 0.25) is 5.16 Å². The zero-order valence-electron chi connectivity index (χ0n) is 17.1. The van der Waals surface area contributed by atoms with E-state index in [1.807, 2.05) is 13.1 Å². The van der Waals surface area contributed by atoms with Gasteiger partial charge < -0.3 is 5.32 Å². The van der Waals surface area contributed by atoms with Crippen LogP contribution in [-0.4, -0.2) is 36.0 Å². The Labute approximate surface area is 182 Å². The van der Waals surface area contributed by atoms with Crippen molar-refractivity contribution in [2.75, 3.05) is 5.32 Å². The zero-order chi connectivity index (χ0) is 22.0. The number of rotatable bonds is 6. The van der Waals surface area contributed by atoms with Gasteiger partial charge in [0, 0.05) is 30.3 Å². The lowest BCUT2D eigenvalue weighted by molar-refractivity contribution is -0.384. The highest BCUT2D eigenvalue weighted by molar-refractivity contribution is 7.99. The standard InChI is InChI=1S/C20H21N7O3S/c1-12-9-14(13-5-3-4-6-13)11-21-18(12)22-19(28)16-10-15(27(29)30)7-8-17(16)31-20-23-24-25-26(20)2/h7-11,13H,3-6H2,1-2H3,(H,21,22,28). The molecule has 1 fully saturated rings. The smallest absolute Gasteiger partial charge is 0.270 e. The van der Waals surface area contributed by atoms with Gasteiger partial charge in [0.25, 0.3) is 11.6 Å². The summed E-state index contributed by atoms with van der Waals surface area (Å²) in [6, 6.07) is 6.19. The van der Waals surface area contributed by atoms with Gasteiger partial charge in [-0.2, -0.15) is 0 Å². The lowest BCUT2D eigenvalue weighted by Crippen LogP contribution is -2.15. The lowest BCUT2D eigenvalue weighted by atomic mass is 9.98. The van der Waals surface area contributed by atoms with Crippen molar-refractivity contribution in [3.63, 3.8) is 0 Å². The van der Waals surface area contributed by atoms with E-state index in [2.05, 4.69) is 31.9 Å². The first kappa shape index (κ1) is 20.9. The summed E-state index contributed by atoms with van der Waals surface area (Å²) in [5, 5.41) is 25.8. The van der Waals surface area contributed by atoms with Gasteiger partial charge in [-0.25, -0.2) is 9.67 Å². The first-order valence-electron chi connectivity index (χ1n) is 9.89. The molecule has 10 nitrogen and oxygen atoms in total. The van der Waals surface area contributed by atoms with Gasteiger partial charge in [0.15, 0.2) is 0 Å². The van der Waals surface area contributed by atoms with E-state index in [4.69, 9.17) is 0 Å². The minimum absolute atomic E-state index is 0.156. The average molecular weight is 440 g/mol. The number of carbonyl (C=O) groups excluding carboxylic acids is 1. The topological polar surface area (TPSA) is 129 Å². The molecule has 0 saturated heterocycles. The third kappa shape index (κ3) is 4.55. The van der Waals surface area contributed by atoms with Gasteiger partial charge in [-0.05, 0) is 65.1 Å². The molecule has 0 unspecified atom stereocenters. The third-order valence-corrected chi connectivity index (χ3v) is 6.46. The van der Waals surface area contributed by atoms with Crippen molar-refractivity contribution in [1.82, 2.24) is 25.2 Å². The number of tetrazole rings is 1. The first-order valence-corrected chi connectivity index (χ1v) is 10.7. The predicted octanol–water partition coefficient (Wildman–Crippen LogP) is 3.88. The maximum Gasteiger partial charge on any atom is 0.270 e. The van der Waals surface area contributed by atoms with E-state index in [1.165, 1.54) is 41.3 Å². The van der Waals surface area contributed by atoms with Gasteiger partial charge in [0.05, 0.1) is 10.5 Å². The minimum Gasteiger partial charge on any atom is -0.306 e. The van der Waals surface area contributed by atoms with E-state index in [1.54, 1.807) is 7.05 Å². The van der Waals surface area contributed by atoms with Gasteiger partial charge in [-0.1, -0.05) is 18.9 Å². The molecule has 1 amide bonds. The number of aromatic nitrogens is 5. The predicted molar refractivity (Wildman–Crippen MR) is 114 cm³/mol. The van der Waals surface area contributed by atoms with Crippen LogP contribution in [0.2, 0.25) is 0 Å². The number of hydrogen-bond donors (Lipinski definition) is 1. The Morgan fingerprint density at radius 3 is 2.71 bits per heavy atom. The lowest BCUT2D eigenvalue weighted by Gasteiger charge is -2.14. The highest BCUT2D eigenvalue weighted by atomic mass is 32.2. The van der Waals surface area contributed by atoms with Gasteiger partial charge in [-0.3, -0.25) is 14.9 Å². The Hall–Kier alpha value is -3.34. The highest BCUT2D eigenvalue weighted by Crippen LogP contribution is 2.35. The molecular weight excluding hydrogens is 418 g/mol. The van der Waals surface area contributed by atoms with E-state index < -0.39 is 10.8 Å². The SMILES string of the molecule is Cc1cc(C2CCCC2)cnc1NC(=O)c1cc([N+](=O)[O-])ccc1Sc1nnnn1C. The van der Waals surface area contributed by atoms with Crippen LogP contribution in [0, 0.1) is 17.0 Å². The Morgan fingerprint density at radius 2 is 2.06 bits per heavy atom. The molecule has 2 aromatic heterocycles. The second kappa shape index (κ2) is 8.80. The number of nitro groups is 1. The van der Waals surface area contributed by atoms with Crippen molar-refractivity contribution in [2.24, 2.45) is 7.05 Å². The molecule has 0 radical (unpaired) electrons. The molecule has 0 spiro atoms. The molecule has 4 rings (SSSR count). The number of nitro benzene ring substituents is 1. The normalized spacial score (nSPS) is 14.0. The van der Waals surface area contributed by atoms with E-state index in [9.17, 15) is 14.9 Å². The Morgan fingerprint density at radius 1 is 1.29 bits per heavy atom. The van der Waals surface area contributed by atoms with Gasteiger partial charge in [0.1, 0.15) is 5.82 Å². The van der Waals surface area contributed by atoms with Gasteiger partial charge >= 0.3 is 0 Å². The fourth-order valence-corrected chi connectivity index (χ4v) is 4.53. The highest BCUT2D eigenvalue weighted by Gasteiger charge is 2.22. The monoisotopic (exact) mass is 439 g/mol. The molecule has 1 aromatic carbocycles. The summed E-state index contributed by atoms with van der Waals surface area (Å²) < 4.78 is 1.46. The Balaban J connectivity index is 1.61. The third-order valence-electron chi connectivity index (χ3n) is 5.36. The molecule has 1 aliphatic carbocycles. The number of hydrogen-bond acceptors (Lipinski definition) is 8. The summed E-state index contributed by atoms with van der Waals surface area (Å²) >= 11 is 1.15. The van der Waals surface area contributed by atoms with Crippen molar-refractivity contribution in [1.29, 1.82) is 0 Å². The maximum absolute atomic E-state index is 13.1. The van der Waals surface area contributed by atoms with E-state index in [0.29, 0.717) is 21.8 Å².